The topological polar surface area (TPSA) is 93.4 Å². The molecule has 0 radical (unpaired) electrons. The van der Waals surface area contributed by atoms with Gasteiger partial charge < -0.3 is 20.7 Å². The number of para-hydroxylation sites is 1. The van der Waals surface area contributed by atoms with Crippen LogP contribution in [0.1, 0.15) is 29.0 Å². The lowest BCUT2D eigenvalue weighted by Gasteiger charge is -2.35. The third-order valence-electron chi connectivity index (χ3n) is 5.28. The fourth-order valence-corrected chi connectivity index (χ4v) is 3.90. The molecule has 1 aliphatic heterocycles. The van der Waals surface area contributed by atoms with Gasteiger partial charge in [0.05, 0.1) is 18.2 Å². The number of fused-ring (bicyclic) bond motifs is 1. The molecule has 1 aliphatic rings. The Labute approximate surface area is 169 Å². The van der Waals surface area contributed by atoms with E-state index in [4.69, 9.17) is 10.5 Å². The Kier molecular flexibility index (Phi) is 5.20. The molecule has 1 aromatic heterocycles. The second kappa shape index (κ2) is 7.95. The van der Waals surface area contributed by atoms with Crippen LogP contribution in [0.25, 0.3) is 10.9 Å². The molecule has 1 amide bonds. The maximum absolute atomic E-state index is 11.8. The minimum Gasteiger partial charge on any atom is -0.497 e. The number of carbonyl (C=O) groups is 1. The van der Waals surface area contributed by atoms with Gasteiger partial charge in [0.15, 0.2) is 0 Å². The van der Waals surface area contributed by atoms with Crippen molar-refractivity contribution in [3.63, 3.8) is 0 Å². The van der Waals surface area contributed by atoms with E-state index in [1.54, 1.807) is 13.2 Å². The highest BCUT2D eigenvalue weighted by atomic mass is 16.5. The third kappa shape index (κ3) is 3.94. The van der Waals surface area contributed by atoms with Crippen molar-refractivity contribution >= 4 is 28.3 Å². The molecule has 0 saturated carbocycles. The zero-order chi connectivity index (χ0) is 20.4. The lowest BCUT2D eigenvalue weighted by molar-refractivity contribution is 0.100. The van der Waals surface area contributed by atoms with Gasteiger partial charge in [-0.05, 0) is 44.0 Å². The van der Waals surface area contributed by atoms with Crippen molar-refractivity contribution in [3.8, 4) is 5.75 Å². The molecule has 2 heterocycles. The number of rotatable bonds is 5. The van der Waals surface area contributed by atoms with Crippen molar-refractivity contribution in [1.29, 1.82) is 0 Å². The van der Waals surface area contributed by atoms with E-state index in [0.29, 0.717) is 16.9 Å². The molecule has 4 rings (SSSR count). The molecule has 1 saturated heterocycles. The van der Waals surface area contributed by atoms with E-state index in [1.807, 2.05) is 31.2 Å². The predicted molar refractivity (Wildman–Crippen MR) is 115 cm³/mol. The predicted octanol–water partition coefficient (Wildman–Crippen LogP) is 3.13. The molecule has 3 N–H and O–H groups in total. The number of methoxy groups -OCH3 is 1. The van der Waals surface area contributed by atoms with Crippen LogP contribution in [-0.4, -0.2) is 42.1 Å². The van der Waals surface area contributed by atoms with Gasteiger partial charge in [0.25, 0.3) is 5.91 Å². The zero-order valence-electron chi connectivity index (χ0n) is 16.7. The Balaban J connectivity index is 1.61. The lowest BCUT2D eigenvalue weighted by Crippen LogP contribution is -2.42. The molecule has 3 aromatic rings. The number of aryl methyl sites for hydroxylation is 1. The Morgan fingerprint density at radius 2 is 2.07 bits per heavy atom. The van der Waals surface area contributed by atoms with Gasteiger partial charge in [-0.2, -0.15) is 0 Å². The lowest BCUT2D eigenvalue weighted by atomic mass is 10.0. The monoisotopic (exact) mass is 391 g/mol. The molecule has 1 unspecified atom stereocenters. The van der Waals surface area contributed by atoms with Crippen molar-refractivity contribution < 1.29 is 9.53 Å². The summed E-state index contributed by atoms with van der Waals surface area (Å²) in [6, 6.07) is 13.8. The molecular formula is C22H25N5O2. The van der Waals surface area contributed by atoms with Crippen molar-refractivity contribution in [2.45, 2.75) is 25.8 Å². The van der Waals surface area contributed by atoms with E-state index in [2.05, 4.69) is 32.3 Å². The van der Waals surface area contributed by atoms with Gasteiger partial charge in [-0.1, -0.05) is 12.1 Å². The van der Waals surface area contributed by atoms with Crippen LogP contribution in [-0.2, 0) is 0 Å². The van der Waals surface area contributed by atoms with Crippen LogP contribution in [0.4, 0.5) is 11.5 Å². The summed E-state index contributed by atoms with van der Waals surface area (Å²) in [6.45, 7) is 3.68. The molecule has 7 nitrogen and oxygen atoms in total. The number of aromatic nitrogens is 2. The normalized spacial score (nSPS) is 16.6. The highest BCUT2D eigenvalue weighted by Crippen LogP contribution is 2.28. The maximum Gasteiger partial charge on any atom is 0.250 e. The van der Waals surface area contributed by atoms with Gasteiger partial charge in [0.1, 0.15) is 17.4 Å². The highest BCUT2D eigenvalue weighted by Gasteiger charge is 2.22. The Hall–Kier alpha value is -3.35. The number of carbonyl (C=O) groups excluding carboxylic acids is 1. The summed E-state index contributed by atoms with van der Waals surface area (Å²) in [5, 5.41) is 4.39. The van der Waals surface area contributed by atoms with Crippen LogP contribution in [0.5, 0.6) is 5.75 Å². The minimum atomic E-state index is -0.485. The molecule has 7 heteroatoms. The molecular weight excluding hydrogens is 366 g/mol. The van der Waals surface area contributed by atoms with E-state index in [9.17, 15) is 4.79 Å². The first-order chi connectivity index (χ1) is 14.0. The van der Waals surface area contributed by atoms with Crippen LogP contribution in [0, 0.1) is 6.92 Å². The number of piperidine rings is 1. The summed E-state index contributed by atoms with van der Waals surface area (Å²) in [5.41, 5.74) is 7.69. The number of ether oxygens (including phenoxy) is 1. The number of primary amides is 1. The van der Waals surface area contributed by atoms with Crippen molar-refractivity contribution in [3.05, 3.63) is 53.9 Å². The number of anilines is 2. The first kappa shape index (κ1) is 19.0. The van der Waals surface area contributed by atoms with E-state index in [-0.39, 0.29) is 6.04 Å². The Bertz CT molecular complexity index is 1050. The number of nitrogens with one attached hydrogen (secondary N) is 1. The highest BCUT2D eigenvalue weighted by molar-refractivity contribution is 6.07. The number of hydrogen-bond donors (Lipinski definition) is 2. The summed E-state index contributed by atoms with van der Waals surface area (Å²) in [5.74, 6) is 1.72. The number of benzene rings is 2. The van der Waals surface area contributed by atoms with Gasteiger partial charge in [-0.3, -0.25) is 4.79 Å². The molecule has 0 spiro atoms. The quantitative estimate of drug-likeness (QED) is 0.694. The summed E-state index contributed by atoms with van der Waals surface area (Å²) >= 11 is 0. The van der Waals surface area contributed by atoms with Gasteiger partial charge >= 0.3 is 0 Å². The smallest absolute Gasteiger partial charge is 0.250 e. The third-order valence-corrected chi connectivity index (χ3v) is 5.28. The second-order valence-electron chi connectivity index (χ2n) is 7.32. The van der Waals surface area contributed by atoms with Gasteiger partial charge in [-0.25, -0.2) is 9.97 Å². The first-order valence-electron chi connectivity index (χ1n) is 9.78. The number of amides is 1. The Morgan fingerprint density at radius 1 is 1.24 bits per heavy atom. The van der Waals surface area contributed by atoms with Gasteiger partial charge in [0, 0.05) is 36.3 Å². The summed E-state index contributed by atoms with van der Waals surface area (Å²) in [7, 11) is 1.68. The number of nitrogens with zero attached hydrogens (tertiary/aromatic N) is 3. The summed E-state index contributed by atoms with van der Waals surface area (Å²) in [6.07, 6.45) is 2.12. The van der Waals surface area contributed by atoms with Crippen molar-refractivity contribution in [1.82, 2.24) is 9.97 Å². The fourth-order valence-electron chi connectivity index (χ4n) is 3.90. The summed E-state index contributed by atoms with van der Waals surface area (Å²) < 4.78 is 5.36. The van der Waals surface area contributed by atoms with Crippen LogP contribution < -0.4 is 20.7 Å². The minimum absolute atomic E-state index is 0.227. The molecule has 0 bridgehead atoms. The largest absolute Gasteiger partial charge is 0.497 e. The van der Waals surface area contributed by atoms with Gasteiger partial charge in [0.2, 0.25) is 0 Å². The van der Waals surface area contributed by atoms with Crippen LogP contribution in [0.2, 0.25) is 0 Å². The molecule has 1 fully saturated rings. The molecule has 150 valence electrons. The molecule has 0 aliphatic carbocycles. The SMILES string of the molecule is COc1cccc(N2CCCC(Nc3nc(C)nc4c(C(N)=O)cccc34)C2)c1. The Morgan fingerprint density at radius 3 is 2.86 bits per heavy atom. The van der Waals surface area contributed by atoms with E-state index in [1.165, 1.54) is 0 Å². The van der Waals surface area contributed by atoms with Crippen LogP contribution in [0.15, 0.2) is 42.5 Å². The second-order valence-corrected chi connectivity index (χ2v) is 7.32. The number of nitrogens with two attached hydrogens (primary N) is 1. The summed E-state index contributed by atoms with van der Waals surface area (Å²) in [4.78, 5) is 23.2. The van der Waals surface area contributed by atoms with E-state index >= 15 is 0 Å². The van der Waals surface area contributed by atoms with E-state index < -0.39 is 5.91 Å². The van der Waals surface area contributed by atoms with Crippen molar-refractivity contribution in [2.24, 2.45) is 5.73 Å². The number of hydrogen-bond acceptors (Lipinski definition) is 6. The maximum atomic E-state index is 11.8. The molecule has 1 atom stereocenters. The van der Waals surface area contributed by atoms with E-state index in [0.717, 1.165) is 48.6 Å². The average molecular weight is 391 g/mol. The average Bonchev–Trinajstić information content (AvgIpc) is 2.73. The molecule has 29 heavy (non-hydrogen) atoms. The zero-order valence-corrected chi connectivity index (χ0v) is 16.7. The van der Waals surface area contributed by atoms with Crippen molar-refractivity contribution in [2.75, 3.05) is 30.4 Å². The van der Waals surface area contributed by atoms with Crippen LogP contribution in [0.3, 0.4) is 0 Å². The molecule has 2 aromatic carbocycles. The first-order valence-corrected chi connectivity index (χ1v) is 9.78. The standard InChI is InChI=1S/C22H25N5O2/c1-14-24-20-18(21(23)28)9-4-10-19(20)22(25-14)26-15-6-5-11-27(13-15)16-7-3-8-17(12-16)29-2/h3-4,7-10,12,15H,5-6,11,13H2,1-2H3,(H2,23,28)(H,24,25,26). The van der Waals surface area contributed by atoms with Gasteiger partial charge in [-0.15, -0.1) is 0 Å². The fraction of sp³-hybridized carbons (Fsp3) is 0.318. The van der Waals surface area contributed by atoms with Crippen LogP contribution >= 0.6 is 0 Å².